The second-order valence-corrected chi connectivity index (χ2v) is 4.66. The number of unbranched alkanes of at least 4 members (excludes halogenated alkanes) is 7. The van der Waals surface area contributed by atoms with E-state index >= 15 is 0 Å². The SMILES string of the molecule is C=C(C)C(=O)[O-].CCCCCCCCCCC(=O)[O-].[Sr+2]. The Kier molecular flexibility index (Phi) is 24.1. The van der Waals surface area contributed by atoms with Crippen molar-refractivity contribution in [2.24, 2.45) is 0 Å². The quantitative estimate of drug-likeness (QED) is 0.334. The molecule has 0 amide bonds. The van der Waals surface area contributed by atoms with E-state index in [1.165, 1.54) is 45.4 Å². The van der Waals surface area contributed by atoms with E-state index in [-0.39, 0.29) is 57.5 Å². The molecule has 0 aromatic rings. The summed E-state index contributed by atoms with van der Waals surface area (Å²) < 4.78 is 0. The zero-order valence-electron chi connectivity index (χ0n) is 12.9. The van der Waals surface area contributed by atoms with Crippen molar-refractivity contribution in [2.45, 2.75) is 71.6 Å². The second-order valence-electron chi connectivity index (χ2n) is 4.66. The van der Waals surface area contributed by atoms with Crippen molar-refractivity contribution < 1.29 is 19.8 Å². The summed E-state index contributed by atoms with van der Waals surface area (Å²) in [5, 5.41) is 19.6. The standard InChI is InChI=1S/C11H22O2.C4H6O2.Sr/c1-2-3-4-5-6-7-8-9-10-11(12)13;1-3(2)4(5)6;/h2-10H2,1H3,(H,12,13);1H2,2H3,(H,5,6);/q;;+2/p-2. The Morgan fingerprint density at radius 3 is 1.55 bits per heavy atom. The Hall–Kier alpha value is 0.161. The van der Waals surface area contributed by atoms with Crippen molar-refractivity contribution in [1.29, 1.82) is 0 Å². The second kappa shape index (κ2) is 19.2. The summed E-state index contributed by atoms with van der Waals surface area (Å²) in [6, 6.07) is 0. The molecule has 0 saturated heterocycles. The van der Waals surface area contributed by atoms with Gasteiger partial charge in [-0.05, 0) is 25.3 Å². The van der Waals surface area contributed by atoms with E-state index in [0.717, 1.165) is 12.8 Å². The van der Waals surface area contributed by atoms with Crippen LogP contribution in [0, 0.1) is 0 Å². The number of carboxylic acids is 2. The molecule has 0 aliphatic heterocycles. The third kappa shape index (κ3) is 26.7. The van der Waals surface area contributed by atoms with Crippen LogP contribution >= 0.6 is 0 Å². The van der Waals surface area contributed by atoms with Crippen molar-refractivity contribution in [1.82, 2.24) is 0 Å². The van der Waals surface area contributed by atoms with Gasteiger partial charge in [-0.2, -0.15) is 0 Å². The maximum atomic E-state index is 10.1. The van der Waals surface area contributed by atoms with Crippen molar-refractivity contribution in [3.63, 3.8) is 0 Å². The normalized spacial score (nSPS) is 8.90. The maximum absolute atomic E-state index is 10.1. The van der Waals surface area contributed by atoms with Gasteiger partial charge in [-0.3, -0.25) is 0 Å². The van der Waals surface area contributed by atoms with E-state index in [4.69, 9.17) is 0 Å². The molecule has 0 rings (SSSR count). The maximum Gasteiger partial charge on any atom is 2.00 e. The zero-order chi connectivity index (χ0) is 15.1. The van der Waals surface area contributed by atoms with Gasteiger partial charge in [0.05, 0.1) is 5.97 Å². The molecule has 0 aromatic heterocycles. The average Bonchev–Trinajstić information content (AvgIpc) is 2.33. The van der Waals surface area contributed by atoms with Crippen LogP contribution in [-0.2, 0) is 9.59 Å². The fourth-order valence-corrected chi connectivity index (χ4v) is 1.40. The summed E-state index contributed by atoms with van der Waals surface area (Å²) in [7, 11) is 0. The molecule has 0 atom stereocenters. The Balaban J connectivity index is -0.000000352. The number of carboxylic acid groups (broad SMARTS) is 2. The van der Waals surface area contributed by atoms with Crippen LogP contribution in [0.3, 0.4) is 0 Å². The van der Waals surface area contributed by atoms with Crippen LogP contribution in [0.15, 0.2) is 12.2 Å². The first-order valence-corrected chi connectivity index (χ1v) is 6.98. The fourth-order valence-electron chi connectivity index (χ4n) is 1.40. The fraction of sp³-hybridized carbons (Fsp3) is 0.733. The first-order valence-electron chi connectivity index (χ1n) is 6.98. The van der Waals surface area contributed by atoms with E-state index in [2.05, 4.69) is 13.5 Å². The summed E-state index contributed by atoms with van der Waals surface area (Å²) in [5.74, 6) is -2.10. The Morgan fingerprint density at radius 2 is 1.25 bits per heavy atom. The number of carbonyl (C=O) groups excluding carboxylic acids is 2. The Bertz CT molecular complexity index is 253. The summed E-state index contributed by atoms with van der Waals surface area (Å²) in [4.78, 5) is 19.6. The van der Waals surface area contributed by atoms with Gasteiger partial charge in [-0.25, -0.2) is 0 Å². The molecule has 0 aliphatic carbocycles. The number of rotatable bonds is 10. The van der Waals surface area contributed by atoms with Crippen molar-refractivity contribution in [2.75, 3.05) is 0 Å². The van der Waals surface area contributed by atoms with Crippen LogP contribution in [-0.4, -0.2) is 57.4 Å². The van der Waals surface area contributed by atoms with E-state index in [1.54, 1.807) is 0 Å². The van der Waals surface area contributed by atoms with Gasteiger partial charge in [0, 0.05) is 5.97 Å². The average molecular weight is 358 g/mol. The van der Waals surface area contributed by atoms with Gasteiger partial charge in [0.25, 0.3) is 0 Å². The van der Waals surface area contributed by atoms with Crippen LogP contribution in [0.2, 0.25) is 0 Å². The summed E-state index contributed by atoms with van der Waals surface area (Å²) in [6.07, 6.45) is 9.75. The number of hydrogen-bond acceptors (Lipinski definition) is 4. The minimum absolute atomic E-state index is 0. The van der Waals surface area contributed by atoms with Crippen LogP contribution < -0.4 is 10.2 Å². The van der Waals surface area contributed by atoms with Gasteiger partial charge in [0.15, 0.2) is 0 Å². The predicted octanol–water partition coefficient (Wildman–Crippen LogP) is 1.20. The summed E-state index contributed by atoms with van der Waals surface area (Å²) >= 11 is 0. The molecule has 0 unspecified atom stereocenters. The molecule has 0 aromatic carbocycles. The minimum Gasteiger partial charge on any atom is -0.550 e. The van der Waals surface area contributed by atoms with Gasteiger partial charge in [0.1, 0.15) is 0 Å². The smallest absolute Gasteiger partial charge is 0.550 e. The van der Waals surface area contributed by atoms with Gasteiger partial charge in [-0.1, -0.05) is 58.4 Å². The summed E-state index contributed by atoms with van der Waals surface area (Å²) in [6.45, 7) is 6.69. The number of carbonyl (C=O) groups is 2. The van der Waals surface area contributed by atoms with E-state index in [1.807, 2.05) is 0 Å². The molecular formula is C15H26O4Sr. The zero-order valence-corrected chi connectivity index (χ0v) is 16.4. The number of hydrogen-bond donors (Lipinski definition) is 0. The molecule has 0 aliphatic rings. The van der Waals surface area contributed by atoms with E-state index in [0.29, 0.717) is 0 Å². The molecular weight excluding hydrogens is 332 g/mol. The predicted molar refractivity (Wildman–Crippen MR) is 77.8 cm³/mol. The molecule has 112 valence electrons. The first kappa shape index (κ1) is 25.1. The molecule has 0 radical (unpaired) electrons. The molecule has 0 saturated carbocycles. The molecule has 0 N–H and O–H groups in total. The van der Waals surface area contributed by atoms with Gasteiger partial charge in [-0.15, -0.1) is 0 Å². The molecule has 0 heterocycles. The topological polar surface area (TPSA) is 80.3 Å². The van der Waals surface area contributed by atoms with Crippen molar-refractivity contribution in [3.8, 4) is 0 Å². The molecule has 20 heavy (non-hydrogen) atoms. The minimum atomic E-state index is -1.19. The van der Waals surface area contributed by atoms with Crippen LogP contribution in [0.4, 0.5) is 0 Å². The monoisotopic (exact) mass is 358 g/mol. The molecule has 5 heteroatoms. The van der Waals surface area contributed by atoms with Crippen molar-refractivity contribution >= 4 is 57.4 Å². The molecule has 0 spiro atoms. The molecule has 4 nitrogen and oxygen atoms in total. The Morgan fingerprint density at radius 1 is 0.900 bits per heavy atom. The first-order chi connectivity index (χ1) is 8.91. The van der Waals surface area contributed by atoms with E-state index in [9.17, 15) is 19.8 Å². The summed E-state index contributed by atoms with van der Waals surface area (Å²) in [5.41, 5.74) is 0.0648. The van der Waals surface area contributed by atoms with Gasteiger partial charge >= 0.3 is 45.5 Å². The number of aliphatic carboxylic acids is 2. The van der Waals surface area contributed by atoms with Crippen molar-refractivity contribution in [3.05, 3.63) is 12.2 Å². The van der Waals surface area contributed by atoms with Crippen LogP contribution in [0.25, 0.3) is 0 Å². The van der Waals surface area contributed by atoms with Crippen LogP contribution in [0.5, 0.6) is 0 Å². The largest absolute Gasteiger partial charge is 2.00 e. The third-order valence-corrected chi connectivity index (χ3v) is 2.58. The molecule has 0 fully saturated rings. The van der Waals surface area contributed by atoms with Gasteiger partial charge < -0.3 is 19.8 Å². The Labute approximate surface area is 159 Å². The van der Waals surface area contributed by atoms with Gasteiger partial charge in [0.2, 0.25) is 0 Å². The van der Waals surface area contributed by atoms with Crippen LogP contribution in [0.1, 0.15) is 71.6 Å². The van der Waals surface area contributed by atoms with E-state index < -0.39 is 11.9 Å². The third-order valence-electron chi connectivity index (χ3n) is 2.58. The molecule has 0 bridgehead atoms.